The highest BCUT2D eigenvalue weighted by Gasteiger charge is 2.33. The van der Waals surface area contributed by atoms with E-state index in [-0.39, 0.29) is 31.1 Å². The second-order valence-corrected chi connectivity index (χ2v) is 10.6. The molecule has 1 unspecified atom stereocenters. The Labute approximate surface area is 221 Å². The third-order valence-electron chi connectivity index (χ3n) is 6.45. The van der Waals surface area contributed by atoms with Gasteiger partial charge in [0.15, 0.2) is 0 Å². The Balaban J connectivity index is 2.34. The number of anilines is 1. The van der Waals surface area contributed by atoms with Gasteiger partial charge in [-0.1, -0.05) is 38.3 Å². The number of amides is 2. The topological polar surface area (TPSA) is 103 Å². The maximum atomic E-state index is 13.0. The van der Waals surface area contributed by atoms with Crippen molar-refractivity contribution in [1.82, 2.24) is 5.32 Å². The van der Waals surface area contributed by atoms with Crippen molar-refractivity contribution >= 4 is 23.7 Å². The number of unbranched alkanes of at least 4 members (excludes halogenated alkanes) is 1. The first-order valence-corrected chi connectivity index (χ1v) is 13.3. The number of hydrogen-bond donors (Lipinski definition) is 2. The number of allylic oxidation sites excluding steroid dienone is 2. The van der Waals surface area contributed by atoms with Gasteiger partial charge in [-0.3, -0.25) is 4.79 Å². The minimum Gasteiger partial charge on any atom is -0.496 e. The molecule has 0 saturated carbocycles. The maximum Gasteiger partial charge on any atom is 0.341 e. The lowest BCUT2D eigenvalue weighted by Crippen LogP contribution is -2.38. The van der Waals surface area contributed by atoms with Crippen molar-refractivity contribution in [3.63, 3.8) is 0 Å². The third kappa shape index (κ3) is 8.51. The lowest BCUT2D eigenvalue weighted by molar-refractivity contribution is -0.154. The lowest BCUT2D eigenvalue weighted by atomic mass is 9.93. The molecule has 2 rings (SSSR count). The number of methoxy groups -OCH3 is 1. The molecule has 0 saturated heterocycles. The maximum absolute atomic E-state index is 13.0. The van der Waals surface area contributed by atoms with Gasteiger partial charge in [-0.15, -0.1) is 0 Å². The highest BCUT2D eigenvalue weighted by molar-refractivity contribution is 6.05. The molecule has 0 radical (unpaired) electrons. The molecule has 206 valence electrons. The second-order valence-electron chi connectivity index (χ2n) is 10.6. The predicted molar refractivity (Wildman–Crippen MR) is 145 cm³/mol. The van der Waals surface area contributed by atoms with Crippen molar-refractivity contribution in [2.75, 3.05) is 12.4 Å². The van der Waals surface area contributed by atoms with Gasteiger partial charge in [-0.25, -0.2) is 9.59 Å². The summed E-state index contributed by atoms with van der Waals surface area (Å²) >= 11 is 0. The van der Waals surface area contributed by atoms with Crippen molar-refractivity contribution in [2.45, 2.75) is 112 Å². The number of carbonyl (C=O) groups excluding carboxylic acids is 3. The van der Waals surface area contributed by atoms with Crippen LogP contribution in [0.1, 0.15) is 107 Å². The van der Waals surface area contributed by atoms with Crippen LogP contribution in [0.4, 0.5) is 10.5 Å². The summed E-state index contributed by atoms with van der Waals surface area (Å²) in [6, 6.07) is -0.312. The molecule has 1 aliphatic rings. The Kier molecular flexibility index (Phi) is 11.0. The Hall–Kier alpha value is -3.03. The van der Waals surface area contributed by atoms with Crippen LogP contribution in [0.5, 0.6) is 5.75 Å². The van der Waals surface area contributed by atoms with Crippen molar-refractivity contribution in [2.24, 2.45) is 0 Å². The SMILES string of the molecule is CCCCC(CC)NC(=O)Nc1c(C/C=C(\C)CCC(=O)OC(C)(C)C)c(OC)c(C)c2c1C(=O)OC2. The zero-order valence-electron chi connectivity index (χ0n) is 23.8. The number of carbonyl (C=O) groups is 3. The quantitative estimate of drug-likeness (QED) is 0.247. The van der Waals surface area contributed by atoms with Gasteiger partial charge in [-0.2, -0.15) is 0 Å². The molecule has 2 amide bonds. The molecule has 1 heterocycles. The number of ether oxygens (including phenoxy) is 3. The van der Waals surface area contributed by atoms with E-state index >= 15 is 0 Å². The summed E-state index contributed by atoms with van der Waals surface area (Å²) < 4.78 is 16.5. The van der Waals surface area contributed by atoms with E-state index in [9.17, 15) is 14.4 Å². The molecule has 1 aromatic carbocycles. The number of urea groups is 1. The summed E-state index contributed by atoms with van der Waals surface area (Å²) in [5.74, 6) is -0.0935. The van der Waals surface area contributed by atoms with Crippen molar-refractivity contribution in [1.29, 1.82) is 0 Å². The van der Waals surface area contributed by atoms with Gasteiger partial charge in [0, 0.05) is 23.6 Å². The monoisotopic (exact) mass is 516 g/mol. The summed E-state index contributed by atoms with van der Waals surface area (Å²) in [7, 11) is 1.58. The number of nitrogens with one attached hydrogen (secondary N) is 2. The van der Waals surface area contributed by atoms with Crippen LogP contribution < -0.4 is 15.4 Å². The van der Waals surface area contributed by atoms with Crippen LogP contribution in [-0.4, -0.2) is 36.7 Å². The van der Waals surface area contributed by atoms with E-state index < -0.39 is 11.6 Å². The molecule has 1 aliphatic heterocycles. The zero-order valence-corrected chi connectivity index (χ0v) is 23.8. The first-order valence-electron chi connectivity index (χ1n) is 13.3. The molecule has 1 aromatic rings. The van der Waals surface area contributed by atoms with E-state index in [0.717, 1.165) is 42.4 Å². The molecule has 0 aliphatic carbocycles. The molecule has 37 heavy (non-hydrogen) atoms. The molecule has 2 N–H and O–H groups in total. The molecular formula is C29H44N2O6. The molecule has 8 heteroatoms. The first kappa shape index (κ1) is 30.2. The standard InChI is InChI=1S/C29H44N2O6/c1-9-11-12-20(10-2)30-28(34)31-25-21(15-13-18(3)14-16-23(32)37-29(5,6)7)26(35-8)19(4)22-17-36-27(33)24(22)25/h13,20H,9-12,14-17H2,1-8H3,(H2,30,31,34)/b18-13+. The second kappa shape index (κ2) is 13.5. The molecule has 0 bridgehead atoms. The average molecular weight is 517 g/mol. The smallest absolute Gasteiger partial charge is 0.341 e. The fourth-order valence-electron chi connectivity index (χ4n) is 4.42. The minimum absolute atomic E-state index is 0.0470. The lowest BCUT2D eigenvalue weighted by Gasteiger charge is -2.22. The summed E-state index contributed by atoms with van der Waals surface area (Å²) in [6.07, 6.45) is 7.01. The zero-order chi connectivity index (χ0) is 27.8. The van der Waals surface area contributed by atoms with Gasteiger partial charge in [0.05, 0.1) is 18.4 Å². The Morgan fingerprint density at radius 1 is 1.19 bits per heavy atom. The number of cyclic esters (lactones) is 1. The molecule has 0 aromatic heterocycles. The third-order valence-corrected chi connectivity index (χ3v) is 6.45. The largest absolute Gasteiger partial charge is 0.496 e. The number of rotatable bonds is 12. The molecule has 8 nitrogen and oxygen atoms in total. The summed E-state index contributed by atoms with van der Waals surface area (Å²) in [4.78, 5) is 37.9. The van der Waals surface area contributed by atoms with Crippen LogP contribution in [0.3, 0.4) is 0 Å². The first-order chi connectivity index (χ1) is 17.4. The van der Waals surface area contributed by atoms with Crippen LogP contribution in [0, 0.1) is 6.92 Å². The Bertz CT molecular complexity index is 1020. The van der Waals surface area contributed by atoms with Crippen LogP contribution in [0.2, 0.25) is 0 Å². The van der Waals surface area contributed by atoms with Crippen LogP contribution in [0.15, 0.2) is 11.6 Å². The highest BCUT2D eigenvalue weighted by Crippen LogP contribution is 2.41. The predicted octanol–water partition coefficient (Wildman–Crippen LogP) is 6.38. The van der Waals surface area contributed by atoms with E-state index in [2.05, 4.69) is 17.6 Å². The van der Waals surface area contributed by atoms with Gasteiger partial charge < -0.3 is 24.8 Å². The van der Waals surface area contributed by atoms with Gasteiger partial charge in [0.1, 0.15) is 18.0 Å². The van der Waals surface area contributed by atoms with Crippen LogP contribution >= 0.6 is 0 Å². The van der Waals surface area contributed by atoms with E-state index in [1.54, 1.807) is 7.11 Å². The van der Waals surface area contributed by atoms with Crippen LogP contribution in [-0.2, 0) is 27.3 Å². The fraction of sp³-hybridized carbons (Fsp3) is 0.621. The van der Waals surface area contributed by atoms with E-state index in [4.69, 9.17) is 14.2 Å². The molecule has 1 atom stereocenters. The average Bonchev–Trinajstić information content (AvgIpc) is 3.21. The van der Waals surface area contributed by atoms with Crippen LogP contribution in [0.25, 0.3) is 0 Å². The number of fused-ring (bicyclic) bond motifs is 1. The van der Waals surface area contributed by atoms with Crippen molar-refractivity contribution in [3.8, 4) is 5.75 Å². The summed E-state index contributed by atoms with van der Waals surface area (Å²) in [5.41, 5.74) is 3.51. The highest BCUT2D eigenvalue weighted by atomic mass is 16.6. The van der Waals surface area contributed by atoms with Gasteiger partial charge in [0.25, 0.3) is 0 Å². The normalized spacial score (nSPS) is 14.1. The number of hydrogen-bond acceptors (Lipinski definition) is 6. The van der Waals surface area contributed by atoms with Gasteiger partial charge in [-0.05, 0) is 65.9 Å². The van der Waals surface area contributed by atoms with Gasteiger partial charge in [0.2, 0.25) is 0 Å². The Morgan fingerprint density at radius 2 is 1.89 bits per heavy atom. The van der Waals surface area contributed by atoms with E-state index in [0.29, 0.717) is 35.4 Å². The minimum atomic E-state index is -0.521. The molecular weight excluding hydrogens is 472 g/mol. The Morgan fingerprint density at radius 3 is 2.49 bits per heavy atom. The van der Waals surface area contributed by atoms with E-state index in [1.165, 1.54) is 0 Å². The number of esters is 2. The van der Waals surface area contributed by atoms with Crippen molar-refractivity contribution < 1.29 is 28.6 Å². The fourth-order valence-corrected chi connectivity index (χ4v) is 4.42. The van der Waals surface area contributed by atoms with Gasteiger partial charge >= 0.3 is 18.0 Å². The summed E-state index contributed by atoms with van der Waals surface area (Å²) in [5, 5.41) is 5.99. The molecule has 0 spiro atoms. The molecule has 0 fully saturated rings. The summed E-state index contributed by atoms with van der Waals surface area (Å²) in [6.45, 7) is 13.7. The van der Waals surface area contributed by atoms with E-state index in [1.807, 2.05) is 47.6 Å². The van der Waals surface area contributed by atoms with Crippen molar-refractivity contribution in [3.05, 3.63) is 33.9 Å². The number of benzene rings is 1.